The second-order valence-electron chi connectivity index (χ2n) is 6.76. The zero-order valence-electron chi connectivity index (χ0n) is 14.2. The van der Waals surface area contributed by atoms with E-state index in [1.807, 2.05) is 0 Å². The smallest absolute Gasteiger partial charge is 0.273 e. The van der Waals surface area contributed by atoms with E-state index in [-0.39, 0.29) is 22.6 Å². The number of nitro groups is 1. The Balaban J connectivity index is 1.84. The van der Waals surface area contributed by atoms with Crippen molar-refractivity contribution in [2.45, 2.75) is 25.3 Å². The van der Waals surface area contributed by atoms with Gasteiger partial charge in [0, 0.05) is 12.0 Å². The summed E-state index contributed by atoms with van der Waals surface area (Å²) in [5.41, 5.74) is 4.36. The lowest BCUT2D eigenvalue weighted by molar-refractivity contribution is -0.385. The number of hydrogen-bond donors (Lipinski definition) is 1. The van der Waals surface area contributed by atoms with Crippen LogP contribution < -0.4 is 10.1 Å². The standard InChI is InChI=1S/C20H20N2O3/c1-12-6-8-13(9-7-12)19-16-5-3-4-15(16)17-10-14(22(23)24)11-18(25-2)20(17)21-19/h3-4,6-11,15-16,19,21H,5H2,1-2H3/t15-,16-,19-/m1/s1. The van der Waals surface area contributed by atoms with Gasteiger partial charge in [0.25, 0.3) is 5.69 Å². The Morgan fingerprint density at radius 2 is 2.00 bits per heavy atom. The largest absolute Gasteiger partial charge is 0.494 e. The van der Waals surface area contributed by atoms with Crippen LogP contribution in [0, 0.1) is 23.0 Å². The topological polar surface area (TPSA) is 64.4 Å². The lowest BCUT2D eigenvalue weighted by Gasteiger charge is -2.38. The zero-order chi connectivity index (χ0) is 17.6. The van der Waals surface area contributed by atoms with Crippen molar-refractivity contribution in [3.05, 3.63) is 75.4 Å². The Labute approximate surface area is 146 Å². The number of anilines is 1. The number of rotatable bonds is 3. The van der Waals surface area contributed by atoms with Crippen molar-refractivity contribution >= 4 is 11.4 Å². The maximum absolute atomic E-state index is 11.3. The molecule has 128 valence electrons. The molecular weight excluding hydrogens is 316 g/mol. The molecule has 0 aromatic heterocycles. The van der Waals surface area contributed by atoms with Gasteiger partial charge in [-0.25, -0.2) is 0 Å². The average molecular weight is 336 g/mol. The van der Waals surface area contributed by atoms with E-state index in [9.17, 15) is 10.1 Å². The van der Waals surface area contributed by atoms with Gasteiger partial charge in [-0.05, 0) is 30.4 Å². The van der Waals surface area contributed by atoms with Crippen LogP contribution in [-0.4, -0.2) is 12.0 Å². The highest BCUT2D eigenvalue weighted by atomic mass is 16.6. The van der Waals surface area contributed by atoms with Crippen LogP contribution in [0.3, 0.4) is 0 Å². The normalized spacial score (nSPS) is 23.5. The van der Waals surface area contributed by atoms with E-state index in [0.29, 0.717) is 11.7 Å². The molecule has 0 spiro atoms. The molecule has 0 fully saturated rings. The third-order valence-electron chi connectivity index (χ3n) is 5.28. The van der Waals surface area contributed by atoms with E-state index < -0.39 is 0 Å². The minimum absolute atomic E-state index is 0.0743. The van der Waals surface area contributed by atoms with Crippen LogP contribution in [0.1, 0.15) is 35.1 Å². The molecule has 0 bridgehead atoms. The predicted octanol–water partition coefficient (Wildman–Crippen LogP) is 4.74. The van der Waals surface area contributed by atoms with Crippen molar-refractivity contribution in [2.24, 2.45) is 5.92 Å². The minimum atomic E-state index is -0.359. The number of nitrogens with one attached hydrogen (secondary N) is 1. The van der Waals surface area contributed by atoms with Crippen LogP contribution in [0.25, 0.3) is 0 Å². The summed E-state index contributed by atoms with van der Waals surface area (Å²) in [7, 11) is 1.55. The van der Waals surface area contributed by atoms with Gasteiger partial charge in [-0.15, -0.1) is 0 Å². The predicted molar refractivity (Wildman–Crippen MR) is 97.2 cm³/mol. The number of fused-ring (bicyclic) bond motifs is 3. The summed E-state index contributed by atoms with van der Waals surface area (Å²) in [6.45, 7) is 2.08. The van der Waals surface area contributed by atoms with Crippen molar-refractivity contribution in [2.75, 3.05) is 12.4 Å². The van der Waals surface area contributed by atoms with Gasteiger partial charge in [0.15, 0.2) is 0 Å². The fraction of sp³-hybridized carbons (Fsp3) is 0.300. The Hall–Kier alpha value is -2.82. The van der Waals surface area contributed by atoms with Crippen molar-refractivity contribution in [1.82, 2.24) is 0 Å². The zero-order valence-corrected chi connectivity index (χ0v) is 14.2. The highest BCUT2D eigenvalue weighted by molar-refractivity contribution is 5.71. The van der Waals surface area contributed by atoms with Gasteiger partial charge in [-0.1, -0.05) is 42.0 Å². The summed E-state index contributed by atoms with van der Waals surface area (Å²) in [6, 6.07) is 11.9. The first-order valence-electron chi connectivity index (χ1n) is 8.44. The molecule has 2 aliphatic rings. The molecule has 1 N–H and O–H groups in total. The Kier molecular flexibility index (Phi) is 3.71. The van der Waals surface area contributed by atoms with Gasteiger partial charge in [0.1, 0.15) is 5.75 Å². The van der Waals surface area contributed by atoms with Crippen LogP contribution in [-0.2, 0) is 0 Å². The molecule has 4 rings (SSSR count). The Bertz CT molecular complexity index is 858. The van der Waals surface area contributed by atoms with Gasteiger partial charge < -0.3 is 10.1 Å². The highest BCUT2D eigenvalue weighted by Gasteiger charge is 2.40. The lowest BCUT2D eigenvalue weighted by atomic mass is 9.76. The number of nitro benzene ring substituents is 1. The van der Waals surface area contributed by atoms with Crippen LogP contribution in [0.15, 0.2) is 48.6 Å². The average Bonchev–Trinajstić information content (AvgIpc) is 3.10. The molecule has 0 radical (unpaired) electrons. The molecule has 0 unspecified atom stereocenters. The third kappa shape index (κ3) is 2.56. The number of ether oxygens (including phenoxy) is 1. The first-order chi connectivity index (χ1) is 12.1. The van der Waals surface area contributed by atoms with Crippen molar-refractivity contribution in [3.63, 3.8) is 0 Å². The molecule has 3 atom stereocenters. The highest BCUT2D eigenvalue weighted by Crippen LogP contribution is 2.53. The number of nitrogens with zero attached hydrogens (tertiary/aromatic N) is 1. The number of hydrogen-bond acceptors (Lipinski definition) is 4. The number of benzene rings is 2. The molecule has 0 amide bonds. The lowest BCUT2D eigenvalue weighted by Crippen LogP contribution is -2.29. The molecule has 0 saturated heterocycles. The van der Waals surface area contributed by atoms with E-state index in [1.165, 1.54) is 17.2 Å². The van der Waals surface area contributed by atoms with Crippen LogP contribution in [0.4, 0.5) is 11.4 Å². The van der Waals surface area contributed by atoms with Gasteiger partial charge >= 0.3 is 0 Å². The van der Waals surface area contributed by atoms with E-state index in [4.69, 9.17) is 4.74 Å². The molecule has 1 aliphatic heterocycles. The van der Waals surface area contributed by atoms with Gasteiger partial charge in [0.05, 0.1) is 29.8 Å². The van der Waals surface area contributed by atoms with E-state index in [1.54, 1.807) is 13.2 Å². The second-order valence-corrected chi connectivity index (χ2v) is 6.76. The van der Waals surface area contributed by atoms with Crippen molar-refractivity contribution in [3.8, 4) is 5.75 Å². The number of allylic oxidation sites excluding steroid dienone is 2. The van der Waals surface area contributed by atoms with E-state index in [2.05, 4.69) is 48.7 Å². The van der Waals surface area contributed by atoms with Gasteiger partial charge in [-0.2, -0.15) is 0 Å². The van der Waals surface area contributed by atoms with E-state index in [0.717, 1.165) is 17.7 Å². The second kappa shape index (κ2) is 5.92. The number of aryl methyl sites for hydroxylation is 1. The minimum Gasteiger partial charge on any atom is -0.494 e. The van der Waals surface area contributed by atoms with E-state index >= 15 is 0 Å². The fourth-order valence-electron chi connectivity index (χ4n) is 4.02. The summed E-state index contributed by atoms with van der Waals surface area (Å²) < 4.78 is 5.46. The summed E-state index contributed by atoms with van der Waals surface area (Å²) in [5.74, 6) is 1.04. The quantitative estimate of drug-likeness (QED) is 0.499. The van der Waals surface area contributed by atoms with Gasteiger partial charge in [0.2, 0.25) is 0 Å². The molecule has 0 saturated carbocycles. The summed E-state index contributed by atoms with van der Waals surface area (Å²) in [4.78, 5) is 10.9. The van der Waals surface area contributed by atoms with Crippen LogP contribution in [0.2, 0.25) is 0 Å². The number of non-ortho nitro benzene ring substituents is 1. The molecular formula is C20H20N2O3. The Morgan fingerprint density at radius 1 is 1.24 bits per heavy atom. The SMILES string of the molecule is COc1cc([N+](=O)[O-])cc2c1N[C@H](c1ccc(C)cc1)[C@@H]1CC=C[C@@H]21. The van der Waals surface area contributed by atoms with Gasteiger partial charge in [-0.3, -0.25) is 10.1 Å². The summed E-state index contributed by atoms with van der Waals surface area (Å²) in [6.07, 6.45) is 5.31. The van der Waals surface area contributed by atoms with Crippen molar-refractivity contribution in [1.29, 1.82) is 0 Å². The fourth-order valence-corrected chi connectivity index (χ4v) is 4.02. The molecule has 5 heteroatoms. The molecule has 1 heterocycles. The molecule has 25 heavy (non-hydrogen) atoms. The molecule has 1 aliphatic carbocycles. The Morgan fingerprint density at radius 3 is 2.68 bits per heavy atom. The number of methoxy groups -OCH3 is 1. The molecule has 2 aromatic rings. The first-order valence-corrected chi connectivity index (χ1v) is 8.44. The summed E-state index contributed by atoms with van der Waals surface area (Å²) >= 11 is 0. The maximum atomic E-state index is 11.3. The maximum Gasteiger partial charge on any atom is 0.273 e. The molecule has 2 aromatic carbocycles. The molecule has 5 nitrogen and oxygen atoms in total. The monoisotopic (exact) mass is 336 g/mol. The summed E-state index contributed by atoms with van der Waals surface area (Å²) in [5, 5.41) is 14.9. The third-order valence-corrected chi connectivity index (χ3v) is 5.28. The first kappa shape index (κ1) is 15.7. The van der Waals surface area contributed by atoms with Crippen molar-refractivity contribution < 1.29 is 9.66 Å². The van der Waals surface area contributed by atoms with Crippen LogP contribution >= 0.6 is 0 Å². The van der Waals surface area contributed by atoms with Crippen LogP contribution in [0.5, 0.6) is 5.75 Å².